The monoisotopic (exact) mass is 144 g/mol. The van der Waals surface area contributed by atoms with Gasteiger partial charge in [0.1, 0.15) is 0 Å². The van der Waals surface area contributed by atoms with Gasteiger partial charge in [-0.2, -0.15) is 0 Å². The molecule has 0 aromatic carbocycles. The summed E-state index contributed by atoms with van der Waals surface area (Å²) in [6.07, 6.45) is 4.92. The lowest BCUT2D eigenvalue weighted by Gasteiger charge is -2.16. The molecule has 1 atom stereocenters. The fourth-order valence-electron chi connectivity index (χ4n) is 0.955. The Balaban J connectivity index is 2.67. The lowest BCUT2D eigenvalue weighted by molar-refractivity contribution is 0.578. The Morgan fingerprint density at radius 2 is 2.33 bits per heavy atom. The number of allylic oxidation sites excluding steroid dienone is 2. The Labute approximate surface area is 56.5 Å². The lowest BCUT2D eigenvalue weighted by atomic mass is 10.2. The van der Waals surface area contributed by atoms with Gasteiger partial charge in [-0.25, -0.2) is 0 Å². The lowest BCUT2D eigenvalue weighted by Crippen LogP contribution is -1.99. The van der Waals surface area contributed by atoms with E-state index in [0.717, 1.165) is 18.7 Å². The van der Waals surface area contributed by atoms with Gasteiger partial charge in [0.05, 0.1) is 7.14 Å². The van der Waals surface area contributed by atoms with Crippen molar-refractivity contribution in [2.45, 2.75) is 13.3 Å². The van der Waals surface area contributed by atoms with E-state index in [1.807, 2.05) is 6.66 Å². The predicted molar refractivity (Wildman–Crippen MR) is 41.6 cm³/mol. The SMILES string of the molecule is CC1=CCP(C)(=O)CC1. The first-order valence-corrected chi connectivity index (χ1v) is 5.84. The molecule has 1 nitrogen and oxygen atoms in total. The quantitative estimate of drug-likeness (QED) is 0.376. The minimum Gasteiger partial charge on any atom is -0.324 e. The van der Waals surface area contributed by atoms with Crippen LogP contribution in [-0.2, 0) is 4.57 Å². The van der Waals surface area contributed by atoms with Crippen molar-refractivity contribution >= 4 is 7.14 Å². The second kappa shape index (κ2) is 2.30. The van der Waals surface area contributed by atoms with Crippen molar-refractivity contribution < 1.29 is 4.57 Å². The molecule has 0 aliphatic carbocycles. The summed E-state index contributed by atoms with van der Waals surface area (Å²) in [6, 6.07) is 0. The Morgan fingerprint density at radius 1 is 1.67 bits per heavy atom. The molecule has 52 valence electrons. The third-order valence-electron chi connectivity index (χ3n) is 1.81. The predicted octanol–water partition coefficient (Wildman–Crippen LogP) is 2.33. The van der Waals surface area contributed by atoms with Gasteiger partial charge in [-0.3, -0.25) is 0 Å². The van der Waals surface area contributed by atoms with Gasteiger partial charge in [-0.05, 0) is 20.0 Å². The summed E-state index contributed by atoms with van der Waals surface area (Å²) >= 11 is 0. The number of hydrogen-bond acceptors (Lipinski definition) is 1. The van der Waals surface area contributed by atoms with Gasteiger partial charge in [0.2, 0.25) is 0 Å². The molecule has 1 aliphatic heterocycles. The zero-order valence-corrected chi connectivity index (χ0v) is 6.95. The maximum atomic E-state index is 11.3. The molecule has 1 heterocycles. The highest BCUT2D eigenvalue weighted by Crippen LogP contribution is 2.45. The summed E-state index contributed by atoms with van der Waals surface area (Å²) < 4.78 is 11.3. The summed E-state index contributed by atoms with van der Waals surface area (Å²) in [5.41, 5.74) is 1.41. The molecule has 2 heteroatoms. The van der Waals surface area contributed by atoms with Crippen LogP contribution in [0.2, 0.25) is 0 Å². The van der Waals surface area contributed by atoms with Gasteiger partial charge in [-0.15, -0.1) is 0 Å². The van der Waals surface area contributed by atoms with Gasteiger partial charge in [0.25, 0.3) is 0 Å². The van der Waals surface area contributed by atoms with Crippen LogP contribution >= 0.6 is 7.14 Å². The summed E-state index contributed by atoms with van der Waals surface area (Å²) in [7, 11) is -1.70. The zero-order chi connectivity index (χ0) is 6.91. The average Bonchev–Trinajstić information content (AvgIpc) is 1.78. The van der Waals surface area contributed by atoms with E-state index in [-0.39, 0.29) is 0 Å². The van der Waals surface area contributed by atoms with Crippen molar-refractivity contribution in [1.82, 2.24) is 0 Å². The van der Waals surface area contributed by atoms with E-state index in [1.54, 1.807) is 0 Å². The molecule has 0 radical (unpaired) electrons. The molecule has 0 aromatic heterocycles. The van der Waals surface area contributed by atoms with Crippen LogP contribution in [0.4, 0.5) is 0 Å². The zero-order valence-electron chi connectivity index (χ0n) is 6.05. The van der Waals surface area contributed by atoms with Gasteiger partial charge in [-0.1, -0.05) is 11.6 Å². The molecule has 0 saturated heterocycles. The Morgan fingerprint density at radius 3 is 2.67 bits per heavy atom. The van der Waals surface area contributed by atoms with Crippen LogP contribution in [0.5, 0.6) is 0 Å². The van der Waals surface area contributed by atoms with E-state index in [1.165, 1.54) is 5.57 Å². The van der Waals surface area contributed by atoms with Gasteiger partial charge in [0.15, 0.2) is 0 Å². The molecule has 0 spiro atoms. The van der Waals surface area contributed by atoms with Crippen molar-refractivity contribution in [3.8, 4) is 0 Å². The molecule has 0 amide bonds. The van der Waals surface area contributed by atoms with Crippen LogP contribution < -0.4 is 0 Å². The van der Waals surface area contributed by atoms with E-state index >= 15 is 0 Å². The minimum absolute atomic E-state index is 0.832. The van der Waals surface area contributed by atoms with Crippen LogP contribution in [0.15, 0.2) is 11.6 Å². The second-order valence-electron chi connectivity index (χ2n) is 3.00. The molecule has 1 aliphatic rings. The van der Waals surface area contributed by atoms with Crippen molar-refractivity contribution in [3.05, 3.63) is 11.6 Å². The molecule has 1 unspecified atom stereocenters. The average molecular weight is 144 g/mol. The van der Waals surface area contributed by atoms with Crippen LogP contribution in [-0.4, -0.2) is 19.0 Å². The molecule has 0 aromatic rings. The van der Waals surface area contributed by atoms with Crippen LogP contribution in [0.3, 0.4) is 0 Å². The highest BCUT2D eigenvalue weighted by atomic mass is 31.2. The molecule has 0 N–H and O–H groups in total. The number of rotatable bonds is 0. The Bertz CT molecular complexity index is 181. The maximum Gasteiger partial charge on any atom is 0.0887 e. The fraction of sp³-hybridized carbons (Fsp3) is 0.714. The molecule has 0 fully saturated rings. The van der Waals surface area contributed by atoms with E-state index in [0.29, 0.717) is 0 Å². The molecule has 0 saturated carbocycles. The molecule has 9 heavy (non-hydrogen) atoms. The van der Waals surface area contributed by atoms with E-state index in [2.05, 4.69) is 13.0 Å². The van der Waals surface area contributed by atoms with E-state index in [9.17, 15) is 4.57 Å². The highest BCUT2D eigenvalue weighted by Gasteiger charge is 2.16. The smallest absolute Gasteiger partial charge is 0.0887 e. The summed E-state index contributed by atoms with van der Waals surface area (Å²) in [5, 5.41) is 0. The minimum atomic E-state index is -1.70. The van der Waals surface area contributed by atoms with Gasteiger partial charge >= 0.3 is 0 Å². The Hall–Kier alpha value is -0.0300. The fourth-order valence-corrected chi connectivity index (χ4v) is 2.66. The molecular weight excluding hydrogens is 131 g/mol. The summed E-state index contributed by atoms with van der Waals surface area (Å²) in [6.45, 7) is 4.01. The first-order chi connectivity index (χ1) is 4.10. The van der Waals surface area contributed by atoms with Crippen molar-refractivity contribution in [2.75, 3.05) is 19.0 Å². The molecule has 0 bridgehead atoms. The second-order valence-corrected chi connectivity index (χ2v) is 6.41. The molecular formula is C7H13OP. The van der Waals surface area contributed by atoms with Crippen LogP contribution in [0.1, 0.15) is 13.3 Å². The van der Waals surface area contributed by atoms with Gasteiger partial charge < -0.3 is 4.57 Å². The first kappa shape index (κ1) is 7.08. The van der Waals surface area contributed by atoms with Crippen molar-refractivity contribution in [2.24, 2.45) is 0 Å². The Kier molecular flexibility index (Phi) is 1.81. The molecule has 1 rings (SSSR count). The standard InChI is InChI=1S/C7H13OP/c1-7-3-5-9(2,8)6-4-7/h3H,4-6H2,1-2H3. The summed E-state index contributed by atoms with van der Waals surface area (Å²) in [4.78, 5) is 0. The summed E-state index contributed by atoms with van der Waals surface area (Å²) in [5.74, 6) is 0. The highest BCUT2D eigenvalue weighted by molar-refractivity contribution is 7.63. The van der Waals surface area contributed by atoms with Gasteiger partial charge in [0, 0.05) is 12.3 Å². The van der Waals surface area contributed by atoms with Crippen molar-refractivity contribution in [1.29, 1.82) is 0 Å². The normalized spacial score (nSPS) is 36.0. The first-order valence-electron chi connectivity index (χ1n) is 3.31. The third-order valence-corrected chi connectivity index (χ3v) is 3.93. The van der Waals surface area contributed by atoms with Crippen LogP contribution in [0, 0.1) is 0 Å². The van der Waals surface area contributed by atoms with Crippen molar-refractivity contribution in [3.63, 3.8) is 0 Å². The maximum absolute atomic E-state index is 11.3. The topological polar surface area (TPSA) is 17.1 Å². The van der Waals surface area contributed by atoms with Crippen LogP contribution in [0.25, 0.3) is 0 Å². The largest absolute Gasteiger partial charge is 0.324 e. The van der Waals surface area contributed by atoms with E-state index < -0.39 is 7.14 Å². The van der Waals surface area contributed by atoms with E-state index in [4.69, 9.17) is 0 Å². The third kappa shape index (κ3) is 1.98. The number of hydrogen-bond donors (Lipinski definition) is 0.